The second-order valence-corrected chi connectivity index (χ2v) is 5.69. The number of hydrogen-bond donors (Lipinski definition) is 2. The zero-order chi connectivity index (χ0) is 19.2. The Morgan fingerprint density at radius 2 is 1.56 bits per heavy atom. The molecule has 0 atom stereocenters. The predicted molar refractivity (Wildman–Crippen MR) is 94.9 cm³/mol. The van der Waals surface area contributed by atoms with Crippen molar-refractivity contribution in [2.24, 2.45) is 0 Å². The van der Waals surface area contributed by atoms with Crippen LogP contribution in [0.15, 0.2) is 54.6 Å². The van der Waals surface area contributed by atoms with Gasteiger partial charge in [0.25, 0.3) is 5.91 Å². The van der Waals surface area contributed by atoms with Crippen LogP contribution in [0.2, 0.25) is 0 Å². The molecule has 1 aromatic heterocycles. The zero-order valence-corrected chi connectivity index (χ0v) is 14.0. The lowest BCUT2D eigenvalue weighted by molar-refractivity contribution is 0.102. The Morgan fingerprint density at radius 1 is 0.852 bits per heavy atom. The van der Waals surface area contributed by atoms with Gasteiger partial charge in [-0.2, -0.15) is 0 Å². The van der Waals surface area contributed by atoms with E-state index in [9.17, 15) is 18.0 Å². The summed E-state index contributed by atoms with van der Waals surface area (Å²) in [7, 11) is 0. The van der Waals surface area contributed by atoms with Gasteiger partial charge in [-0.3, -0.25) is 4.79 Å². The van der Waals surface area contributed by atoms with E-state index in [4.69, 9.17) is 0 Å². The first-order chi connectivity index (χ1) is 13.0. The quantitative estimate of drug-likeness (QED) is 0.691. The summed E-state index contributed by atoms with van der Waals surface area (Å²) in [5, 5.41) is 13.3. The third-order valence-corrected chi connectivity index (χ3v) is 3.72. The SMILES string of the molecule is O=C(Nc1ccc(NCCc2ccc(F)cc2)nn1)c1ccc(F)c(F)c1. The highest BCUT2D eigenvalue weighted by atomic mass is 19.2. The van der Waals surface area contributed by atoms with Crippen molar-refractivity contribution < 1.29 is 18.0 Å². The van der Waals surface area contributed by atoms with Crippen molar-refractivity contribution in [1.82, 2.24) is 10.2 Å². The Hall–Kier alpha value is -3.42. The molecule has 138 valence electrons. The Bertz CT molecular complexity index is 931. The molecule has 0 aliphatic rings. The fourth-order valence-corrected chi connectivity index (χ4v) is 2.31. The molecule has 0 aliphatic heterocycles. The number of anilines is 2. The van der Waals surface area contributed by atoms with E-state index in [1.807, 2.05) is 0 Å². The van der Waals surface area contributed by atoms with Crippen LogP contribution in [-0.4, -0.2) is 22.6 Å². The van der Waals surface area contributed by atoms with Crippen LogP contribution in [0.1, 0.15) is 15.9 Å². The second kappa shape index (κ2) is 8.31. The van der Waals surface area contributed by atoms with E-state index in [0.29, 0.717) is 18.8 Å². The summed E-state index contributed by atoms with van der Waals surface area (Å²) >= 11 is 0. The number of benzene rings is 2. The number of nitrogens with one attached hydrogen (secondary N) is 2. The smallest absolute Gasteiger partial charge is 0.256 e. The maximum Gasteiger partial charge on any atom is 0.256 e. The van der Waals surface area contributed by atoms with E-state index in [1.54, 1.807) is 18.2 Å². The largest absolute Gasteiger partial charge is 0.368 e. The standard InChI is InChI=1S/C19H15F3N4O/c20-14-4-1-12(2-5-14)9-10-23-17-7-8-18(26-25-17)24-19(27)13-3-6-15(21)16(22)11-13/h1-8,11H,9-10H2,(H,23,25)(H,24,26,27). The first kappa shape index (κ1) is 18.4. The van der Waals surface area contributed by atoms with Crippen LogP contribution in [0.4, 0.5) is 24.8 Å². The minimum atomic E-state index is -1.10. The molecule has 3 aromatic rings. The monoisotopic (exact) mass is 372 g/mol. The topological polar surface area (TPSA) is 66.9 Å². The van der Waals surface area contributed by atoms with E-state index < -0.39 is 17.5 Å². The molecule has 3 rings (SSSR count). The molecule has 2 N–H and O–H groups in total. The van der Waals surface area contributed by atoms with Crippen LogP contribution < -0.4 is 10.6 Å². The summed E-state index contributed by atoms with van der Waals surface area (Å²) in [5.74, 6) is -2.35. The van der Waals surface area contributed by atoms with Gasteiger partial charge in [-0.25, -0.2) is 13.2 Å². The minimum absolute atomic E-state index is 0.0304. The zero-order valence-electron chi connectivity index (χ0n) is 14.0. The maximum atomic E-state index is 13.2. The molecule has 0 aliphatic carbocycles. The number of hydrogen-bond acceptors (Lipinski definition) is 4. The van der Waals surface area contributed by atoms with Gasteiger partial charge in [-0.15, -0.1) is 10.2 Å². The Kier molecular flexibility index (Phi) is 5.65. The molecular weight excluding hydrogens is 357 g/mol. The molecule has 5 nitrogen and oxygen atoms in total. The summed E-state index contributed by atoms with van der Waals surface area (Å²) in [6.07, 6.45) is 0.677. The fraction of sp³-hybridized carbons (Fsp3) is 0.105. The molecule has 0 radical (unpaired) electrons. The van der Waals surface area contributed by atoms with Crippen molar-refractivity contribution in [2.75, 3.05) is 17.2 Å². The predicted octanol–water partition coefficient (Wildman–Crippen LogP) is 3.80. The number of rotatable bonds is 6. The molecule has 0 unspecified atom stereocenters. The summed E-state index contributed by atoms with van der Waals surface area (Å²) in [6, 6.07) is 12.2. The van der Waals surface area contributed by atoms with Crippen LogP contribution in [0.3, 0.4) is 0 Å². The van der Waals surface area contributed by atoms with Crippen LogP contribution in [0, 0.1) is 17.5 Å². The summed E-state index contributed by atoms with van der Waals surface area (Å²) in [6.45, 7) is 0.570. The van der Waals surface area contributed by atoms with Crippen molar-refractivity contribution in [3.05, 3.63) is 83.2 Å². The summed E-state index contributed by atoms with van der Waals surface area (Å²) < 4.78 is 38.9. The van der Waals surface area contributed by atoms with Gasteiger partial charge >= 0.3 is 0 Å². The lowest BCUT2D eigenvalue weighted by Crippen LogP contribution is -2.14. The number of nitrogens with zero attached hydrogens (tertiary/aromatic N) is 2. The molecule has 0 spiro atoms. The Labute approximate surface area is 153 Å². The van der Waals surface area contributed by atoms with Gasteiger partial charge in [0.1, 0.15) is 11.6 Å². The molecular formula is C19H15F3N4O. The van der Waals surface area contributed by atoms with E-state index in [1.165, 1.54) is 24.3 Å². The average Bonchev–Trinajstić information content (AvgIpc) is 2.67. The molecule has 2 aromatic carbocycles. The molecule has 0 fully saturated rings. The molecule has 1 amide bonds. The lowest BCUT2D eigenvalue weighted by atomic mass is 10.1. The van der Waals surface area contributed by atoms with Gasteiger partial charge in [0, 0.05) is 12.1 Å². The normalized spacial score (nSPS) is 10.5. The molecule has 0 saturated carbocycles. The van der Waals surface area contributed by atoms with Crippen molar-refractivity contribution in [2.45, 2.75) is 6.42 Å². The van der Waals surface area contributed by atoms with Gasteiger partial charge in [-0.1, -0.05) is 12.1 Å². The molecule has 0 saturated heterocycles. The average molecular weight is 372 g/mol. The number of carbonyl (C=O) groups excluding carboxylic acids is 1. The Morgan fingerprint density at radius 3 is 2.22 bits per heavy atom. The van der Waals surface area contributed by atoms with Gasteiger partial charge in [0.2, 0.25) is 0 Å². The summed E-state index contributed by atoms with van der Waals surface area (Å²) in [5.41, 5.74) is 0.949. The van der Waals surface area contributed by atoms with Crippen LogP contribution >= 0.6 is 0 Å². The number of carbonyl (C=O) groups is 1. The van der Waals surface area contributed by atoms with E-state index in [2.05, 4.69) is 20.8 Å². The summed E-state index contributed by atoms with van der Waals surface area (Å²) in [4.78, 5) is 12.0. The second-order valence-electron chi connectivity index (χ2n) is 5.69. The third kappa shape index (κ3) is 5.04. The van der Waals surface area contributed by atoms with E-state index in [-0.39, 0.29) is 17.2 Å². The van der Waals surface area contributed by atoms with Gasteiger partial charge in [0.15, 0.2) is 17.5 Å². The highest BCUT2D eigenvalue weighted by Gasteiger charge is 2.10. The highest BCUT2D eigenvalue weighted by Crippen LogP contribution is 2.12. The van der Waals surface area contributed by atoms with Gasteiger partial charge in [-0.05, 0) is 54.4 Å². The number of aromatic nitrogens is 2. The van der Waals surface area contributed by atoms with E-state index >= 15 is 0 Å². The van der Waals surface area contributed by atoms with Crippen molar-refractivity contribution in [3.63, 3.8) is 0 Å². The number of halogens is 3. The highest BCUT2D eigenvalue weighted by molar-refractivity contribution is 6.03. The van der Waals surface area contributed by atoms with Crippen molar-refractivity contribution >= 4 is 17.5 Å². The van der Waals surface area contributed by atoms with Crippen molar-refractivity contribution in [1.29, 1.82) is 0 Å². The molecule has 1 heterocycles. The molecule has 8 heteroatoms. The van der Waals surface area contributed by atoms with Crippen LogP contribution in [-0.2, 0) is 6.42 Å². The lowest BCUT2D eigenvalue weighted by Gasteiger charge is -2.07. The minimum Gasteiger partial charge on any atom is -0.368 e. The fourth-order valence-electron chi connectivity index (χ4n) is 2.31. The van der Waals surface area contributed by atoms with E-state index in [0.717, 1.165) is 17.7 Å². The first-order valence-corrected chi connectivity index (χ1v) is 8.10. The van der Waals surface area contributed by atoms with Gasteiger partial charge in [0.05, 0.1) is 0 Å². The Balaban J connectivity index is 1.52. The number of amides is 1. The third-order valence-electron chi connectivity index (χ3n) is 3.72. The van der Waals surface area contributed by atoms with Crippen LogP contribution in [0.25, 0.3) is 0 Å². The maximum absolute atomic E-state index is 13.2. The van der Waals surface area contributed by atoms with Crippen molar-refractivity contribution in [3.8, 4) is 0 Å². The first-order valence-electron chi connectivity index (χ1n) is 8.10. The van der Waals surface area contributed by atoms with Crippen LogP contribution in [0.5, 0.6) is 0 Å². The van der Waals surface area contributed by atoms with Gasteiger partial charge < -0.3 is 10.6 Å². The molecule has 0 bridgehead atoms. The molecule has 27 heavy (non-hydrogen) atoms.